The van der Waals surface area contributed by atoms with E-state index in [9.17, 15) is 14.0 Å². The number of benzene rings is 1. The third kappa shape index (κ3) is 4.69. The van der Waals surface area contributed by atoms with Crippen molar-refractivity contribution in [3.8, 4) is 28.1 Å². The van der Waals surface area contributed by atoms with Crippen LogP contribution in [-0.4, -0.2) is 45.0 Å². The molecule has 1 saturated carbocycles. The summed E-state index contributed by atoms with van der Waals surface area (Å²) in [7, 11) is 0. The van der Waals surface area contributed by atoms with Crippen LogP contribution in [0.2, 0.25) is 10.2 Å². The molecule has 1 aromatic carbocycles. The Hall–Kier alpha value is -4.04. The van der Waals surface area contributed by atoms with Crippen molar-refractivity contribution in [1.29, 1.82) is 0 Å². The number of pyridine rings is 1. The van der Waals surface area contributed by atoms with Crippen LogP contribution < -0.4 is 4.73 Å². The van der Waals surface area contributed by atoms with Crippen LogP contribution in [0.3, 0.4) is 0 Å². The highest BCUT2D eigenvalue weighted by atomic mass is 35.5. The van der Waals surface area contributed by atoms with E-state index in [1.165, 1.54) is 40.3 Å². The van der Waals surface area contributed by atoms with Crippen LogP contribution in [-0.2, 0) is 0 Å². The average Bonchev–Trinajstić information content (AvgIpc) is 3.27. The molecule has 0 N–H and O–H groups in total. The summed E-state index contributed by atoms with van der Waals surface area (Å²) < 4.78 is 45.9. The van der Waals surface area contributed by atoms with Gasteiger partial charge in [-0.15, -0.1) is 10.2 Å². The molecule has 1 atom stereocenters. The molecule has 4 aromatic heterocycles. The molecule has 0 unspecified atom stereocenters. The molecule has 0 spiro atoms. The first kappa shape index (κ1) is 25.2. The van der Waals surface area contributed by atoms with E-state index in [1.54, 1.807) is 18.2 Å². The van der Waals surface area contributed by atoms with Crippen molar-refractivity contribution in [2.24, 2.45) is 5.92 Å². The predicted octanol–water partition coefficient (Wildman–Crippen LogP) is 4.65. The topological polar surface area (TPSA) is 119 Å². The van der Waals surface area contributed by atoms with Crippen molar-refractivity contribution >= 4 is 23.2 Å². The number of alkyl halides is 2. The second kappa shape index (κ2) is 9.93. The molecule has 0 bridgehead atoms. The van der Waals surface area contributed by atoms with Crippen molar-refractivity contribution in [2.75, 3.05) is 0 Å². The highest BCUT2D eigenvalue weighted by Crippen LogP contribution is 2.40. The van der Waals surface area contributed by atoms with Crippen molar-refractivity contribution in [1.82, 2.24) is 45.0 Å². The number of aromatic nitrogens is 10. The molecule has 5 aromatic rings. The van der Waals surface area contributed by atoms with Crippen LogP contribution >= 0.6 is 23.2 Å². The molecular formula is C23H17Cl2F3N10O. The molecule has 1 aliphatic rings. The average molecular weight is 577 g/mol. The van der Waals surface area contributed by atoms with Crippen molar-refractivity contribution in [3.63, 3.8) is 0 Å². The van der Waals surface area contributed by atoms with Gasteiger partial charge in [0.2, 0.25) is 5.69 Å². The van der Waals surface area contributed by atoms with Crippen LogP contribution in [0.15, 0.2) is 49.2 Å². The minimum atomic E-state index is -2.95. The summed E-state index contributed by atoms with van der Waals surface area (Å²) in [5.41, 5.74) is 1.12. The van der Waals surface area contributed by atoms with Gasteiger partial charge in [-0.1, -0.05) is 41.3 Å². The highest BCUT2D eigenvalue weighted by molar-refractivity contribution is 6.31. The third-order valence-corrected chi connectivity index (χ3v) is 7.08. The Morgan fingerprint density at radius 3 is 2.62 bits per heavy atom. The van der Waals surface area contributed by atoms with Gasteiger partial charge < -0.3 is 5.21 Å². The predicted molar refractivity (Wildman–Crippen MR) is 132 cm³/mol. The lowest BCUT2D eigenvalue weighted by Crippen LogP contribution is -2.35. The number of hydrogen-bond acceptors (Lipinski definition) is 7. The first-order valence-corrected chi connectivity index (χ1v) is 12.5. The second-order valence-electron chi connectivity index (χ2n) is 9.03. The van der Waals surface area contributed by atoms with Gasteiger partial charge in [0.1, 0.15) is 18.1 Å². The Labute approximate surface area is 228 Å². The first-order valence-electron chi connectivity index (χ1n) is 11.7. The van der Waals surface area contributed by atoms with Gasteiger partial charge in [-0.25, -0.2) is 4.39 Å². The lowest BCUT2D eigenvalue weighted by Gasteiger charge is -2.18. The fourth-order valence-corrected chi connectivity index (χ4v) is 4.89. The van der Waals surface area contributed by atoms with Crippen molar-refractivity contribution < 1.29 is 17.9 Å². The minimum absolute atomic E-state index is 0.0495. The zero-order chi connectivity index (χ0) is 27.3. The second-order valence-corrected chi connectivity index (χ2v) is 9.80. The molecule has 0 radical (unpaired) electrons. The lowest BCUT2D eigenvalue weighted by atomic mass is 10.0. The van der Waals surface area contributed by atoms with Gasteiger partial charge in [0.15, 0.2) is 17.2 Å². The van der Waals surface area contributed by atoms with E-state index in [4.69, 9.17) is 23.2 Å². The summed E-state index contributed by atoms with van der Waals surface area (Å²) in [5, 5.41) is 35.3. The molecule has 0 amide bonds. The van der Waals surface area contributed by atoms with E-state index in [0.29, 0.717) is 33.1 Å². The highest BCUT2D eigenvalue weighted by Gasteiger charge is 2.33. The maximum atomic E-state index is 15.2. The molecule has 16 heteroatoms. The van der Waals surface area contributed by atoms with E-state index in [0.717, 1.165) is 12.8 Å². The van der Waals surface area contributed by atoms with E-state index in [-0.39, 0.29) is 32.6 Å². The van der Waals surface area contributed by atoms with Gasteiger partial charge >= 0.3 is 6.55 Å². The number of hydrogen-bond donors (Lipinski definition) is 0. The summed E-state index contributed by atoms with van der Waals surface area (Å²) in [5.74, 6) is -0.360. The molecule has 6 rings (SSSR count). The Bertz CT molecular complexity index is 1650. The molecular weight excluding hydrogens is 560 g/mol. The molecule has 11 nitrogen and oxygen atoms in total. The number of rotatable bonds is 8. The van der Waals surface area contributed by atoms with Gasteiger partial charge in [0.05, 0.1) is 28.0 Å². The van der Waals surface area contributed by atoms with Gasteiger partial charge in [0, 0.05) is 17.8 Å². The molecule has 0 aliphatic heterocycles. The Morgan fingerprint density at radius 2 is 1.92 bits per heavy atom. The number of halogens is 5. The normalized spacial score (nSPS) is 14.3. The SMILES string of the molecule is [O-][n+]1cc(-c2c(-n3cnnn3)ccc(Cl)c2F)ccc1[C@@H](CC1CC1)n1cc(-c2c(Cl)nnn2C(F)F)cn1. The molecule has 0 saturated heterocycles. The van der Waals surface area contributed by atoms with Crippen LogP contribution in [0.5, 0.6) is 0 Å². The van der Waals surface area contributed by atoms with Gasteiger partial charge in [-0.2, -0.15) is 28.0 Å². The van der Waals surface area contributed by atoms with Crippen LogP contribution in [0, 0.1) is 16.9 Å². The van der Waals surface area contributed by atoms with E-state index < -0.39 is 18.4 Å². The number of tetrazole rings is 1. The maximum absolute atomic E-state index is 15.2. The third-order valence-electron chi connectivity index (χ3n) is 6.53. The van der Waals surface area contributed by atoms with Crippen LogP contribution in [0.25, 0.3) is 28.1 Å². The monoisotopic (exact) mass is 576 g/mol. The summed E-state index contributed by atoms with van der Waals surface area (Å²) in [6, 6.07) is 5.57. The Balaban J connectivity index is 1.40. The molecule has 1 fully saturated rings. The summed E-state index contributed by atoms with van der Waals surface area (Å²) >= 11 is 12.1. The Morgan fingerprint density at radius 1 is 1.10 bits per heavy atom. The van der Waals surface area contributed by atoms with E-state index >= 15 is 4.39 Å². The largest absolute Gasteiger partial charge is 0.618 e. The lowest BCUT2D eigenvalue weighted by molar-refractivity contribution is -0.615. The van der Waals surface area contributed by atoms with Crippen molar-refractivity contribution in [2.45, 2.75) is 31.9 Å². The quantitative estimate of drug-likeness (QED) is 0.195. The Kier molecular flexibility index (Phi) is 6.43. The van der Waals surface area contributed by atoms with E-state index in [2.05, 4.69) is 30.9 Å². The standard InChI is InChI=1S/C23H17Cl2F3N10O/c24-15-4-6-17(36-11-29-32-34-36)19(20(15)26)13-3-5-16(37(39)10-13)18(7-12-1-2-12)35-9-14(8-30-35)21-22(25)31-33-38(21)23(27)28/h3-6,8-12,18,23H,1-2,7H2/t18-/m1/s1. The van der Waals surface area contributed by atoms with E-state index in [1.807, 2.05) is 0 Å². The zero-order valence-corrected chi connectivity index (χ0v) is 21.3. The van der Waals surface area contributed by atoms with Crippen LogP contribution in [0.4, 0.5) is 13.2 Å². The summed E-state index contributed by atoms with van der Waals surface area (Å²) in [6.07, 6.45) is 8.02. The molecule has 1 aliphatic carbocycles. The smallest absolute Gasteiger partial charge is 0.335 e. The maximum Gasteiger partial charge on any atom is 0.335 e. The fourth-order valence-electron chi connectivity index (χ4n) is 4.50. The van der Waals surface area contributed by atoms with Gasteiger partial charge in [0.25, 0.3) is 0 Å². The van der Waals surface area contributed by atoms with Crippen molar-refractivity contribution in [3.05, 3.63) is 76.1 Å². The summed E-state index contributed by atoms with van der Waals surface area (Å²) in [4.78, 5) is 0. The molecule has 4 heterocycles. The minimum Gasteiger partial charge on any atom is -0.618 e. The summed E-state index contributed by atoms with van der Waals surface area (Å²) in [6.45, 7) is -2.95. The fraction of sp³-hybridized carbons (Fsp3) is 0.261. The zero-order valence-electron chi connectivity index (χ0n) is 19.7. The molecule has 39 heavy (non-hydrogen) atoms. The van der Waals surface area contributed by atoms with Gasteiger partial charge in [-0.3, -0.25) is 4.68 Å². The first-order chi connectivity index (χ1) is 18.8. The molecule has 200 valence electrons. The van der Waals surface area contributed by atoms with Crippen LogP contribution in [0.1, 0.15) is 37.5 Å². The van der Waals surface area contributed by atoms with Gasteiger partial charge in [-0.05, 0) is 41.0 Å². The number of nitrogens with zero attached hydrogens (tertiary/aromatic N) is 10.